The molecule has 0 aliphatic carbocycles. The summed E-state index contributed by atoms with van der Waals surface area (Å²) >= 11 is 3.89. The number of nitrogens with zero attached hydrogens (tertiary/aromatic N) is 1. The molecule has 60 valence electrons. The van der Waals surface area contributed by atoms with E-state index in [0.29, 0.717) is 6.42 Å². The Morgan fingerprint density at radius 2 is 1.90 bits per heavy atom. The molecular weight excluding hydrogens is 146 g/mol. The summed E-state index contributed by atoms with van der Waals surface area (Å²) in [5, 5.41) is 0. The molecule has 1 amide bonds. The predicted molar refractivity (Wildman–Crippen MR) is 45.8 cm³/mol. The molecule has 0 saturated heterocycles. The lowest BCUT2D eigenvalue weighted by Crippen LogP contribution is -2.22. The van der Waals surface area contributed by atoms with E-state index in [1.54, 1.807) is 7.05 Å². The van der Waals surface area contributed by atoms with Gasteiger partial charge in [-0.05, 0) is 5.41 Å². The summed E-state index contributed by atoms with van der Waals surface area (Å²) < 4.78 is 1.32. The van der Waals surface area contributed by atoms with Crippen LogP contribution in [0.25, 0.3) is 0 Å². The molecule has 2 nitrogen and oxygen atoms in total. The van der Waals surface area contributed by atoms with Gasteiger partial charge in [0.2, 0.25) is 5.91 Å². The molecule has 3 heteroatoms. The van der Waals surface area contributed by atoms with Crippen LogP contribution in [0.4, 0.5) is 0 Å². The van der Waals surface area contributed by atoms with E-state index in [1.165, 1.54) is 4.31 Å². The largest absolute Gasteiger partial charge is 0.292 e. The minimum absolute atomic E-state index is 0.0636. The van der Waals surface area contributed by atoms with Crippen molar-refractivity contribution in [2.75, 3.05) is 7.05 Å². The predicted octanol–water partition coefficient (Wildman–Crippen LogP) is 1.73. The topological polar surface area (TPSA) is 20.3 Å². The Kier molecular flexibility index (Phi) is 3.22. The van der Waals surface area contributed by atoms with Crippen LogP contribution in [0.5, 0.6) is 0 Å². The highest BCUT2D eigenvalue weighted by Crippen LogP contribution is 2.19. The number of rotatable bonds is 1. The van der Waals surface area contributed by atoms with E-state index in [9.17, 15) is 4.79 Å². The van der Waals surface area contributed by atoms with Gasteiger partial charge in [-0.3, -0.25) is 9.10 Å². The third-order valence-electron chi connectivity index (χ3n) is 1.04. The molecule has 0 aromatic rings. The number of carbonyl (C=O) groups excluding carboxylic acids is 1. The van der Waals surface area contributed by atoms with Crippen LogP contribution < -0.4 is 0 Å². The highest BCUT2D eigenvalue weighted by Gasteiger charge is 2.16. The van der Waals surface area contributed by atoms with E-state index < -0.39 is 0 Å². The average Bonchev–Trinajstić information content (AvgIpc) is 1.60. The lowest BCUT2D eigenvalue weighted by Gasteiger charge is -2.19. The van der Waals surface area contributed by atoms with Crippen LogP contribution in [0.1, 0.15) is 27.2 Å². The second-order valence-corrected chi connectivity index (χ2v) is 4.25. The van der Waals surface area contributed by atoms with Gasteiger partial charge >= 0.3 is 0 Å². The van der Waals surface area contributed by atoms with Crippen molar-refractivity contribution in [3.8, 4) is 0 Å². The van der Waals surface area contributed by atoms with Crippen LogP contribution >= 0.6 is 12.8 Å². The molecule has 0 spiro atoms. The van der Waals surface area contributed by atoms with Crippen molar-refractivity contribution in [3.05, 3.63) is 0 Å². The Morgan fingerprint density at radius 1 is 1.50 bits per heavy atom. The molecule has 0 radical (unpaired) electrons. The maximum atomic E-state index is 11.0. The standard InChI is InChI=1S/C7H15NOS/c1-7(2,3)5-6(9)8(4)10/h10H,5H2,1-4H3. The molecule has 0 aromatic carbocycles. The van der Waals surface area contributed by atoms with Crippen molar-refractivity contribution in [3.63, 3.8) is 0 Å². The molecule has 0 aliphatic rings. The SMILES string of the molecule is CN(S)C(=O)CC(C)(C)C. The van der Waals surface area contributed by atoms with Gasteiger partial charge in [-0.25, -0.2) is 0 Å². The first kappa shape index (κ1) is 9.82. The number of amides is 1. The second kappa shape index (κ2) is 3.28. The molecule has 0 fully saturated rings. The van der Waals surface area contributed by atoms with E-state index in [-0.39, 0.29) is 11.3 Å². The average molecular weight is 161 g/mol. The second-order valence-electron chi connectivity index (χ2n) is 3.65. The maximum Gasteiger partial charge on any atom is 0.232 e. The first-order valence-electron chi connectivity index (χ1n) is 3.28. The van der Waals surface area contributed by atoms with Crippen LogP contribution in [0.2, 0.25) is 0 Å². The molecule has 0 N–H and O–H groups in total. The van der Waals surface area contributed by atoms with Crippen LogP contribution in [-0.4, -0.2) is 17.3 Å². The molecule has 0 rings (SSSR count). The minimum atomic E-state index is 0.0636. The van der Waals surface area contributed by atoms with Crippen molar-refractivity contribution in [1.29, 1.82) is 0 Å². The van der Waals surface area contributed by atoms with Crippen LogP contribution in [0.15, 0.2) is 0 Å². The molecule has 0 saturated carbocycles. The molecule has 0 aromatic heterocycles. The fraction of sp³-hybridized carbons (Fsp3) is 0.857. The summed E-state index contributed by atoms with van der Waals surface area (Å²) in [4.78, 5) is 11.0. The molecular formula is C7H15NOS. The Balaban J connectivity index is 3.81. The summed E-state index contributed by atoms with van der Waals surface area (Å²) in [7, 11) is 1.65. The fourth-order valence-corrected chi connectivity index (χ4v) is 0.639. The fourth-order valence-electron chi connectivity index (χ4n) is 0.568. The number of hydrogen-bond donors (Lipinski definition) is 1. The molecule has 0 atom stereocenters. The van der Waals surface area contributed by atoms with Gasteiger partial charge in [0.1, 0.15) is 0 Å². The van der Waals surface area contributed by atoms with E-state index in [1.807, 2.05) is 20.8 Å². The van der Waals surface area contributed by atoms with Crippen molar-refractivity contribution in [2.24, 2.45) is 5.41 Å². The van der Waals surface area contributed by atoms with E-state index in [4.69, 9.17) is 0 Å². The maximum absolute atomic E-state index is 11.0. The summed E-state index contributed by atoms with van der Waals surface area (Å²) in [6, 6.07) is 0. The summed E-state index contributed by atoms with van der Waals surface area (Å²) in [6.45, 7) is 6.09. The third kappa shape index (κ3) is 4.68. The zero-order valence-corrected chi connectivity index (χ0v) is 7.90. The Labute approximate surface area is 68.1 Å². The molecule has 0 heterocycles. The summed E-state index contributed by atoms with van der Waals surface area (Å²) in [5.41, 5.74) is 0.0636. The lowest BCUT2D eigenvalue weighted by atomic mass is 9.92. The van der Waals surface area contributed by atoms with Crippen molar-refractivity contribution >= 4 is 18.7 Å². The normalized spacial score (nSPS) is 11.3. The molecule has 0 bridgehead atoms. The van der Waals surface area contributed by atoms with Gasteiger partial charge in [-0.15, -0.1) is 0 Å². The summed E-state index contributed by atoms with van der Waals surface area (Å²) in [5.74, 6) is 0.0656. The van der Waals surface area contributed by atoms with Crippen molar-refractivity contribution in [2.45, 2.75) is 27.2 Å². The molecule has 0 aliphatic heterocycles. The quantitative estimate of drug-likeness (QED) is 0.581. The van der Waals surface area contributed by atoms with Gasteiger partial charge in [0.05, 0.1) is 0 Å². The van der Waals surface area contributed by atoms with Gasteiger partial charge in [0, 0.05) is 13.5 Å². The lowest BCUT2D eigenvalue weighted by molar-refractivity contribution is -0.126. The first-order chi connectivity index (χ1) is 4.33. The third-order valence-corrected chi connectivity index (χ3v) is 1.27. The van der Waals surface area contributed by atoms with Crippen molar-refractivity contribution < 1.29 is 4.79 Å². The molecule has 0 unspecified atom stereocenters. The van der Waals surface area contributed by atoms with Crippen LogP contribution in [0, 0.1) is 5.41 Å². The van der Waals surface area contributed by atoms with Crippen LogP contribution in [0.3, 0.4) is 0 Å². The highest BCUT2D eigenvalue weighted by atomic mass is 32.1. The smallest absolute Gasteiger partial charge is 0.232 e. The van der Waals surface area contributed by atoms with Gasteiger partial charge in [-0.1, -0.05) is 33.6 Å². The van der Waals surface area contributed by atoms with Gasteiger partial charge in [0.15, 0.2) is 0 Å². The zero-order valence-electron chi connectivity index (χ0n) is 7.01. The minimum Gasteiger partial charge on any atom is -0.292 e. The first-order valence-corrected chi connectivity index (χ1v) is 3.68. The highest BCUT2D eigenvalue weighted by molar-refractivity contribution is 7.78. The molecule has 10 heavy (non-hydrogen) atoms. The number of hydrogen-bond acceptors (Lipinski definition) is 2. The monoisotopic (exact) mass is 161 g/mol. The van der Waals surface area contributed by atoms with E-state index >= 15 is 0 Å². The van der Waals surface area contributed by atoms with Gasteiger partial charge in [0.25, 0.3) is 0 Å². The zero-order chi connectivity index (χ0) is 8.36. The number of carbonyl (C=O) groups is 1. The van der Waals surface area contributed by atoms with E-state index in [0.717, 1.165) is 0 Å². The number of thiol groups is 1. The van der Waals surface area contributed by atoms with Gasteiger partial charge < -0.3 is 0 Å². The Bertz CT molecular complexity index is 126. The van der Waals surface area contributed by atoms with Crippen LogP contribution in [-0.2, 0) is 4.79 Å². The Hall–Kier alpha value is -0.180. The summed E-state index contributed by atoms with van der Waals surface area (Å²) in [6.07, 6.45) is 0.549. The Morgan fingerprint density at radius 3 is 2.00 bits per heavy atom. The van der Waals surface area contributed by atoms with Gasteiger partial charge in [-0.2, -0.15) is 0 Å². The van der Waals surface area contributed by atoms with Crippen molar-refractivity contribution in [1.82, 2.24) is 4.31 Å². The van der Waals surface area contributed by atoms with E-state index in [2.05, 4.69) is 12.8 Å².